The molecule has 0 radical (unpaired) electrons. The Bertz CT molecular complexity index is 216. The first-order chi connectivity index (χ1) is 5.79. The predicted octanol–water partition coefficient (Wildman–Crippen LogP) is 1.55. The molecule has 0 aromatic heterocycles. The van der Waals surface area contributed by atoms with Gasteiger partial charge in [-0.2, -0.15) is 0 Å². The fraction of sp³-hybridized carbons (Fsp3) is 0.800. The predicted molar refractivity (Wildman–Crippen MR) is 45.4 cm³/mol. The Morgan fingerprint density at radius 1 is 1.42 bits per heavy atom. The number of ether oxygens (including phenoxy) is 2. The lowest BCUT2D eigenvalue weighted by molar-refractivity contribution is -0.219. The molecule has 1 aliphatic heterocycles. The van der Waals surface area contributed by atoms with E-state index >= 15 is 0 Å². The monoisotopic (exact) mass is 166 g/mol. The number of fused-ring (bicyclic) bond motifs is 1. The van der Waals surface area contributed by atoms with Crippen molar-refractivity contribution in [1.29, 1.82) is 0 Å². The molecule has 0 aromatic carbocycles. The minimum absolute atomic E-state index is 0.123. The molecule has 0 spiro atoms. The number of terminal acetylenes is 1. The lowest BCUT2D eigenvalue weighted by Gasteiger charge is -2.33. The van der Waals surface area contributed by atoms with Gasteiger partial charge in [-0.05, 0) is 19.3 Å². The third kappa shape index (κ3) is 0.734. The topological polar surface area (TPSA) is 18.5 Å². The third-order valence-corrected chi connectivity index (χ3v) is 3.31. The van der Waals surface area contributed by atoms with Crippen LogP contribution in [0.3, 0.4) is 0 Å². The van der Waals surface area contributed by atoms with E-state index in [9.17, 15) is 0 Å². The SMILES string of the molecule is C#CC12CCCC1(OC)OCC2. The van der Waals surface area contributed by atoms with Crippen LogP contribution < -0.4 is 0 Å². The number of hydrogen-bond acceptors (Lipinski definition) is 2. The van der Waals surface area contributed by atoms with Crippen molar-refractivity contribution in [1.82, 2.24) is 0 Å². The second kappa shape index (κ2) is 2.48. The zero-order valence-electron chi connectivity index (χ0n) is 7.43. The van der Waals surface area contributed by atoms with Crippen molar-refractivity contribution in [3.63, 3.8) is 0 Å². The second-order valence-electron chi connectivity index (χ2n) is 3.64. The van der Waals surface area contributed by atoms with E-state index in [0.717, 1.165) is 32.3 Å². The summed E-state index contributed by atoms with van der Waals surface area (Å²) >= 11 is 0. The van der Waals surface area contributed by atoms with Gasteiger partial charge in [0.25, 0.3) is 0 Å². The maximum Gasteiger partial charge on any atom is 0.184 e. The quantitative estimate of drug-likeness (QED) is 0.550. The van der Waals surface area contributed by atoms with Crippen LogP contribution in [0, 0.1) is 17.8 Å². The molecular weight excluding hydrogens is 152 g/mol. The fourth-order valence-corrected chi connectivity index (χ4v) is 2.58. The van der Waals surface area contributed by atoms with Crippen molar-refractivity contribution in [3.05, 3.63) is 0 Å². The Morgan fingerprint density at radius 3 is 2.83 bits per heavy atom. The summed E-state index contributed by atoms with van der Waals surface area (Å²) in [6, 6.07) is 0. The molecule has 1 aliphatic carbocycles. The van der Waals surface area contributed by atoms with E-state index in [0.29, 0.717) is 0 Å². The summed E-state index contributed by atoms with van der Waals surface area (Å²) in [7, 11) is 1.70. The molecular formula is C10H14O2. The first-order valence-corrected chi connectivity index (χ1v) is 4.45. The van der Waals surface area contributed by atoms with Gasteiger partial charge in [0.15, 0.2) is 5.79 Å². The molecule has 2 rings (SSSR count). The molecule has 0 bridgehead atoms. The minimum Gasteiger partial charge on any atom is -0.352 e. The van der Waals surface area contributed by atoms with Crippen LogP contribution >= 0.6 is 0 Å². The van der Waals surface area contributed by atoms with Gasteiger partial charge in [-0.3, -0.25) is 0 Å². The average molecular weight is 166 g/mol. The lowest BCUT2D eigenvalue weighted by Crippen LogP contribution is -2.41. The van der Waals surface area contributed by atoms with Crippen molar-refractivity contribution in [2.45, 2.75) is 31.5 Å². The third-order valence-electron chi connectivity index (χ3n) is 3.31. The van der Waals surface area contributed by atoms with Gasteiger partial charge in [0.2, 0.25) is 0 Å². The maximum absolute atomic E-state index is 5.64. The van der Waals surface area contributed by atoms with E-state index < -0.39 is 5.79 Å². The molecule has 2 aliphatic rings. The first kappa shape index (κ1) is 8.10. The molecule has 2 heteroatoms. The molecule has 2 atom stereocenters. The molecule has 1 heterocycles. The lowest BCUT2D eigenvalue weighted by atomic mass is 9.81. The van der Waals surface area contributed by atoms with Crippen molar-refractivity contribution in [2.24, 2.45) is 5.41 Å². The van der Waals surface area contributed by atoms with Crippen LogP contribution in [-0.4, -0.2) is 19.5 Å². The largest absolute Gasteiger partial charge is 0.352 e. The summed E-state index contributed by atoms with van der Waals surface area (Å²) in [5.74, 6) is 2.44. The van der Waals surface area contributed by atoms with E-state index in [1.54, 1.807) is 7.11 Å². The zero-order chi connectivity index (χ0) is 8.66. The van der Waals surface area contributed by atoms with Gasteiger partial charge in [-0.25, -0.2) is 0 Å². The van der Waals surface area contributed by atoms with Gasteiger partial charge in [0.05, 0.1) is 12.0 Å². The molecule has 12 heavy (non-hydrogen) atoms. The van der Waals surface area contributed by atoms with Crippen LogP contribution in [0.1, 0.15) is 25.7 Å². The van der Waals surface area contributed by atoms with E-state index in [-0.39, 0.29) is 5.41 Å². The number of methoxy groups -OCH3 is 1. The Hall–Kier alpha value is -0.520. The van der Waals surface area contributed by atoms with Crippen LogP contribution in [0.25, 0.3) is 0 Å². The summed E-state index contributed by atoms with van der Waals surface area (Å²) < 4.78 is 11.1. The number of hydrogen-bond donors (Lipinski definition) is 0. The molecule has 2 unspecified atom stereocenters. The van der Waals surface area contributed by atoms with E-state index in [1.807, 2.05) is 0 Å². The molecule has 0 N–H and O–H groups in total. The van der Waals surface area contributed by atoms with Gasteiger partial charge in [-0.1, -0.05) is 5.92 Å². The minimum atomic E-state index is -0.443. The first-order valence-electron chi connectivity index (χ1n) is 4.45. The average Bonchev–Trinajstić information content (AvgIpc) is 2.58. The highest BCUT2D eigenvalue weighted by atomic mass is 16.7. The normalized spacial score (nSPS) is 45.7. The molecule has 2 fully saturated rings. The van der Waals surface area contributed by atoms with Crippen LogP contribution in [0.15, 0.2) is 0 Å². The fourth-order valence-electron chi connectivity index (χ4n) is 2.58. The molecule has 1 saturated heterocycles. The number of rotatable bonds is 1. The Balaban J connectivity index is 2.37. The highest BCUT2D eigenvalue weighted by Gasteiger charge is 2.59. The molecule has 66 valence electrons. The van der Waals surface area contributed by atoms with Crippen molar-refractivity contribution in [3.8, 4) is 12.3 Å². The van der Waals surface area contributed by atoms with Crippen molar-refractivity contribution < 1.29 is 9.47 Å². The van der Waals surface area contributed by atoms with Crippen molar-refractivity contribution in [2.75, 3.05) is 13.7 Å². The molecule has 1 saturated carbocycles. The Labute approximate surface area is 73.2 Å². The Kier molecular flexibility index (Phi) is 1.67. The van der Waals surface area contributed by atoms with E-state index in [2.05, 4.69) is 5.92 Å². The van der Waals surface area contributed by atoms with Crippen LogP contribution in [0.4, 0.5) is 0 Å². The van der Waals surface area contributed by atoms with Gasteiger partial charge in [-0.15, -0.1) is 6.42 Å². The highest BCUT2D eigenvalue weighted by molar-refractivity contribution is 5.18. The summed E-state index contributed by atoms with van der Waals surface area (Å²) in [6.45, 7) is 0.748. The molecule has 2 nitrogen and oxygen atoms in total. The van der Waals surface area contributed by atoms with E-state index in [4.69, 9.17) is 15.9 Å². The Morgan fingerprint density at radius 2 is 2.25 bits per heavy atom. The smallest absolute Gasteiger partial charge is 0.184 e. The van der Waals surface area contributed by atoms with Crippen molar-refractivity contribution >= 4 is 0 Å². The van der Waals surface area contributed by atoms with Crippen LogP contribution in [0.2, 0.25) is 0 Å². The van der Waals surface area contributed by atoms with Gasteiger partial charge < -0.3 is 9.47 Å². The van der Waals surface area contributed by atoms with E-state index in [1.165, 1.54) is 0 Å². The standard InChI is InChI=1S/C10H14O2/c1-3-9-5-4-6-10(9,11-2)12-8-7-9/h1H,4-8H2,2H3. The summed E-state index contributed by atoms with van der Waals surface area (Å²) in [6.07, 6.45) is 9.64. The zero-order valence-corrected chi connectivity index (χ0v) is 7.43. The van der Waals surface area contributed by atoms with Gasteiger partial charge >= 0.3 is 0 Å². The highest BCUT2D eigenvalue weighted by Crippen LogP contribution is 2.55. The molecule has 0 aromatic rings. The maximum atomic E-state index is 5.64. The van der Waals surface area contributed by atoms with Gasteiger partial charge in [0, 0.05) is 13.5 Å². The molecule has 0 amide bonds. The van der Waals surface area contributed by atoms with Crippen LogP contribution in [0.5, 0.6) is 0 Å². The summed E-state index contributed by atoms with van der Waals surface area (Å²) in [4.78, 5) is 0. The summed E-state index contributed by atoms with van der Waals surface area (Å²) in [5, 5.41) is 0. The van der Waals surface area contributed by atoms with Crippen LogP contribution in [-0.2, 0) is 9.47 Å². The second-order valence-corrected chi connectivity index (χ2v) is 3.64. The summed E-state index contributed by atoms with van der Waals surface area (Å²) in [5.41, 5.74) is -0.123. The van der Waals surface area contributed by atoms with Gasteiger partial charge in [0.1, 0.15) is 0 Å².